The van der Waals surface area contributed by atoms with Gasteiger partial charge in [-0.15, -0.1) is 0 Å². The van der Waals surface area contributed by atoms with Crippen molar-refractivity contribution in [2.45, 2.75) is 19.9 Å². The van der Waals surface area contributed by atoms with E-state index in [2.05, 4.69) is 5.32 Å². The number of rotatable bonds is 6. The van der Waals surface area contributed by atoms with E-state index in [9.17, 15) is 9.90 Å². The van der Waals surface area contributed by atoms with Crippen molar-refractivity contribution in [3.63, 3.8) is 0 Å². The molecule has 1 amide bonds. The lowest BCUT2D eigenvalue weighted by molar-refractivity contribution is -0.885. The summed E-state index contributed by atoms with van der Waals surface area (Å²) in [5, 5.41) is 12.8. The first kappa shape index (κ1) is 14.5. The van der Waals surface area contributed by atoms with Crippen molar-refractivity contribution >= 4 is 5.91 Å². The predicted octanol–water partition coefficient (Wildman–Crippen LogP) is -0.338. The minimum Gasteiger partial charge on any atom is -0.507 e. The number of fused-ring (bicyclic) bond motifs is 1. The number of carbonyl (C=O) groups excluding carboxylic acids is 1. The first-order valence-electron chi connectivity index (χ1n) is 6.79. The quantitative estimate of drug-likeness (QED) is 0.667. The van der Waals surface area contributed by atoms with Crippen LogP contribution in [0.3, 0.4) is 0 Å². The Morgan fingerprint density at radius 3 is 2.80 bits per heavy atom. The summed E-state index contributed by atoms with van der Waals surface area (Å²) >= 11 is 0. The molecule has 0 aromatic heterocycles. The molecule has 1 aromatic carbocycles. The number of likely N-dealkylation sites (N-methyl/N-ethyl adjacent to an activating group) is 1. The minimum atomic E-state index is 0.0181. The largest absolute Gasteiger partial charge is 0.507 e. The van der Waals surface area contributed by atoms with Gasteiger partial charge in [0.25, 0.3) is 5.91 Å². The molecular weight excluding hydrogens is 260 g/mol. The molecule has 1 heterocycles. The Kier molecular flexibility index (Phi) is 4.68. The summed E-state index contributed by atoms with van der Waals surface area (Å²) in [6.45, 7) is 3.80. The fraction of sp³-hybridized carbons (Fsp3) is 0.500. The molecule has 2 rings (SSSR count). The first-order chi connectivity index (χ1) is 9.60. The number of phenolic OH excluding ortho intramolecular Hbond substituents is 1. The lowest BCUT2D eigenvalue weighted by atomic mass is 10.1. The standard InChI is InChI=1S/C14H20N2O4/c1-3-4-15-14(18)8-16(2)7-10-5-12-13(6-11(10)17)20-9-19-12/h5-6,17H,3-4,7-9H2,1-2H3,(H,15,18)/p+1. The highest BCUT2D eigenvalue weighted by Crippen LogP contribution is 2.37. The number of carbonyl (C=O) groups is 1. The van der Waals surface area contributed by atoms with Crippen molar-refractivity contribution in [1.29, 1.82) is 0 Å². The van der Waals surface area contributed by atoms with E-state index in [4.69, 9.17) is 9.47 Å². The maximum absolute atomic E-state index is 11.6. The van der Waals surface area contributed by atoms with Gasteiger partial charge in [-0.3, -0.25) is 4.79 Å². The maximum atomic E-state index is 11.6. The van der Waals surface area contributed by atoms with E-state index in [1.54, 1.807) is 12.1 Å². The molecule has 3 N–H and O–H groups in total. The Labute approximate surface area is 118 Å². The van der Waals surface area contributed by atoms with Crippen molar-refractivity contribution in [2.75, 3.05) is 26.9 Å². The van der Waals surface area contributed by atoms with Crippen LogP contribution in [0.15, 0.2) is 12.1 Å². The average Bonchev–Trinajstić information content (AvgIpc) is 2.83. The van der Waals surface area contributed by atoms with Gasteiger partial charge in [-0.2, -0.15) is 0 Å². The summed E-state index contributed by atoms with van der Waals surface area (Å²) in [4.78, 5) is 12.6. The Bertz CT molecular complexity index is 490. The van der Waals surface area contributed by atoms with Gasteiger partial charge in [-0.25, -0.2) is 0 Å². The number of benzene rings is 1. The van der Waals surface area contributed by atoms with Crippen LogP contribution < -0.4 is 19.7 Å². The van der Waals surface area contributed by atoms with Gasteiger partial charge < -0.3 is 24.8 Å². The van der Waals surface area contributed by atoms with Crippen LogP contribution in [0, 0.1) is 0 Å². The van der Waals surface area contributed by atoms with Crippen LogP contribution in [0.2, 0.25) is 0 Å². The smallest absolute Gasteiger partial charge is 0.275 e. The van der Waals surface area contributed by atoms with E-state index in [-0.39, 0.29) is 18.4 Å². The molecule has 0 aliphatic carbocycles. The number of nitrogens with one attached hydrogen (secondary N) is 2. The zero-order chi connectivity index (χ0) is 14.5. The van der Waals surface area contributed by atoms with Crippen LogP contribution in [0.4, 0.5) is 0 Å². The first-order valence-corrected chi connectivity index (χ1v) is 6.79. The SMILES string of the molecule is CCCNC(=O)C[NH+](C)Cc1cc2c(cc1O)OCO2. The average molecular weight is 281 g/mol. The molecule has 20 heavy (non-hydrogen) atoms. The topological polar surface area (TPSA) is 72.2 Å². The molecular formula is C14H21N2O4+. The number of aromatic hydroxyl groups is 1. The van der Waals surface area contributed by atoms with Gasteiger partial charge in [0.05, 0.1) is 12.6 Å². The van der Waals surface area contributed by atoms with E-state index in [0.29, 0.717) is 31.1 Å². The van der Waals surface area contributed by atoms with Crippen LogP contribution >= 0.6 is 0 Å². The van der Waals surface area contributed by atoms with E-state index in [0.717, 1.165) is 16.9 Å². The van der Waals surface area contributed by atoms with Crippen LogP contribution in [0.25, 0.3) is 0 Å². The van der Waals surface area contributed by atoms with Gasteiger partial charge in [0.1, 0.15) is 12.3 Å². The number of hydrogen-bond donors (Lipinski definition) is 3. The van der Waals surface area contributed by atoms with Crippen molar-refractivity contribution < 1.29 is 24.3 Å². The van der Waals surface area contributed by atoms with Crippen molar-refractivity contribution in [2.24, 2.45) is 0 Å². The minimum absolute atomic E-state index is 0.0181. The van der Waals surface area contributed by atoms with E-state index in [1.807, 2.05) is 14.0 Å². The van der Waals surface area contributed by atoms with E-state index >= 15 is 0 Å². The zero-order valence-corrected chi connectivity index (χ0v) is 11.9. The summed E-state index contributed by atoms with van der Waals surface area (Å²) in [6.07, 6.45) is 0.924. The molecule has 0 radical (unpaired) electrons. The second-order valence-electron chi connectivity index (χ2n) is 4.99. The fourth-order valence-corrected chi connectivity index (χ4v) is 2.10. The van der Waals surface area contributed by atoms with Crippen molar-refractivity contribution in [3.05, 3.63) is 17.7 Å². The predicted molar refractivity (Wildman–Crippen MR) is 73.0 cm³/mol. The van der Waals surface area contributed by atoms with Gasteiger partial charge in [-0.1, -0.05) is 6.92 Å². The highest BCUT2D eigenvalue weighted by Gasteiger charge is 2.19. The number of phenols is 1. The normalized spacial score (nSPS) is 14.1. The van der Waals surface area contributed by atoms with Gasteiger partial charge in [0.15, 0.2) is 18.0 Å². The third kappa shape index (κ3) is 3.54. The number of hydrogen-bond acceptors (Lipinski definition) is 4. The van der Waals surface area contributed by atoms with Crippen LogP contribution in [0.5, 0.6) is 17.2 Å². The van der Waals surface area contributed by atoms with Crippen molar-refractivity contribution in [1.82, 2.24) is 5.32 Å². The summed E-state index contributed by atoms with van der Waals surface area (Å²) in [5.41, 5.74) is 0.745. The second kappa shape index (κ2) is 6.47. The molecule has 1 atom stereocenters. The van der Waals surface area contributed by atoms with Crippen LogP contribution in [0.1, 0.15) is 18.9 Å². The van der Waals surface area contributed by atoms with Crippen LogP contribution in [-0.4, -0.2) is 37.9 Å². The van der Waals surface area contributed by atoms with Gasteiger partial charge >= 0.3 is 0 Å². The van der Waals surface area contributed by atoms with Crippen LogP contribution in [-0.2, 0) is 11.3 Å². The molecule has 1 aliphatic rings. The molecule has 110 valence electrons. The number of ether oxygens (including phenoxy) is 2. The zero-order valence-electron chi connectivity index (χ0n) is 11.9. The Morgan fingerprint density at radius 1 is 1.40 bits per heavy atom. The lowest BCUT2D eigenvalue weighted by Crippen LogP contribution is -3.08. The molecule has 1 aromatic rings. The second-order valence-corrected chi connectivity index (χ2v) is 4.99. The molecule has 6 heteroatoms. The summed E-state index contributed by atoms with van der Waals surface area (Å²) in [5.74, 6) is 1.39. The summed E-state index contributed by atoms with van der Waals surface area (Å²) in [6, 6.07) is 3.33. The molecule has 0 fully saturated rings. The fourth-order valence-electron chi connectivity index (χ4n) is 2.10. The third-order valence-electron chi connectivity index (χ3n) is 3.10. The molecule has 0 bridgehead atoms. The summed E-state index contributed by atoms with van der Waals surface area (Å²) < 4.78 is 10.5. The number of quaternary nitrogens is 1. The third-order valence-corrected chi connectivity index (χ3v) is 3.10. The lowest BCUT2D eigenvalue weighted by Gasteiger charge is -2.15. The molecule has 1 unspecified atom stereocenters. The molecule has 6 nitrogen and oxygen atoms in total. The molecule has 0 saturated heterocycles. The Balaban J connectivity index is 1.94. The van der Waals surface area contributed by atoms with Crippen molar-refractivity contribution in [3.8, 4) is 17.2 Å². The monoisotopic (exact) mass is 281 g/mol. The Hall–Kier alpha value is -1.95. The van der Waals surface area contributed by atoms with Gasteiger partial charge in [0.2, 0.25) is 6.79 Å². The van der Waals surface area contributed by atoms with E-state index < -0.39 is 0 Å². The summed E-state index contributed by atoms with van der Waals surface area (Å²) in [7, 11) is 1.91. The maximum Gasteiger partial charge on any atom is 0.275 e. The molecule has 0 spiro atoms. The Morgan fingerprint density at radius 2 is 2.10 bits per heavy atom. The molecule has 0 saturated carbocycles. The highest BCUT2D eigenvalue weighted by molar-refractivity contribution is 5.76. The number of amides is 1. The molecule has 1 aliphatic heterocycles. The van der Waals surface area contributed by atoms with Gasteiger partial charge in [0, 0.05) is 12.6 Å². The van der Waals surface area contributed by atoms with Gasteiger partial charge in [-0.05, 0) is 12.5 Å². The highest BCUT2D eigenvalue weighted by atomic mass is 16.7. The van der Waals surface area contributed by atoms with E-state index in [1.165, 1.54) is 0 Å².